The number of hydrogen-bond acceptors (Lipinski definition) is 5. The summed E-state index contributed by atoms with van der Waals surface area (Å²) in [5.41, 5.74) is 0.397. The van der Waals surface area contributed by atoms with Crippen LogP contribution in [0.3, 0.4) is 0 Å². The maximum atomic E-state index is 11.7. The van der Waals surface area contributed by atoms with Gasteiger partial charge in [0.2, 0.25) is 5.91 Å². The number of carbonyl (C=O) groups excluding carboxylic acids is 2. The molecule has 0 aliphatic heterocycles. The highest BCUT2D eigenvalue weighted by Crippen LogP contribution is 2.17. The van der Waals surface area contributed by atoms with Crippen molar-refractivity contribution in [3.8, 4) is 0 Å². The van der Waals surface area contributed by atoms with Crippen LogP contribution in [0.25, 0.3) is 0 Å². The highest BCUT2D eigenvalue weighted by Gasteiger charge is 2.09. The summed E-state index contributed by atoms with van der Waals surface area (Å²) in [6.07, 6.45) is 1.16. The van der Waals surface area contributed by atoms with Gasteiger partial charge in [0.15, 0.2) is 10.9 Å². The highest BCUT2D eigenvalue weighted by atomic mass is 32.1. The monoisotopic (exact) mass is 280 g/mol. The Bertz CT molecular complexity index is 546. The molecule has 94 valence electrons. The molecule has 0 saturated carbocycles. The summed E-state index contributed by atoms with van der Waals surface area (Å²) < 4.78 is 0. The standard InChI is InChI=1S/C12H12N2O2S2/c1-8(15)10-7-18-12(13-10)14-11(16)5-4-9-3-2-6-17-9/h2-3,6-7H,4-5H2,1H3,(H,13,14,16). The Kier molecular flexibility index (Phi) is 4.22. The van der Waals surface area contributed by atoms with Crippen molar-refractivity contribution in [1.29, 1.82) is 0 Å². The van der Waals surface area contributed by atoms with Gasteiger partial charge in [-0.1, -0.05) is 6.07 Å². The summed E-state index contributed by atoms with van der Waals surface area (Å²) in [5.74, 6) is -0.168. The number of amides is 1. The van der Waals surface area contributed by atoms with Crippen LogP contribution in [0.5, 0.6) is 0 Å². The third-order valence-electron chi connectivity index (χ3n) is 2.29. The van der Waals surface area contributed by atoms with E-state index in [0.29, 0.717) is 17.2 Å². The van der Waals surface area contributed by atoms with E-state index in [0.717, 1.165) is 6.42 Å². The van der Waals surface area contributed by atoms with Crippen LogP contribution in [-0.2, 0) is 11.2 Å². The Balaban J connectivity index is 1.85. The minimum atomic E-state index is -0.0923. The number of nitrogens with one attached hydrogen (secondary N) is 1. The summed E-state index contributed by atoms with van der Waals surface area (Å²) in [6, 6.07) is 3.98. The molecule has 0 spiro atoms. The lowest BCUT2D eigenvalue weighted by atomic mass is 10.2. The quantitative estimate of drug-likeness (QED) is 0.857. The second-order valence-corrected chi connectivity index (χ2v) is 5.61. The fourth-order valence-electron chi connectivity index (χ4n) is 1.37. The van der Waals surface area contributed by atoms with Gasteiger partial charge in [0.25, 0.3) is 0 Å². The normalized spacial score (nSPS) is 10.3. The molecule has 0 saturated heterocycles. The molecule has 1 N–H and O–H groups in total. The van der Waals surface area contributed by atoms with Gasteiger partial charge >= 0.3 is 0 Å². The van der Waals surface area contributed by atoms with Crippen LogP contribution in [0.15, 0.2) is 22.9 Å². The Hall–Kier alpha value is -1.53. The maximum Gasteiger partial charge on any atom is 0.226 e. The van der Waals surface area contributed by atoms with Crippen LogP contribution in [-0.4, -0.2) is 16.7 Å². The summed E-state index contributed by atoms with van der Waals surface area (Å²) >= 11 is 2.91. The molecular weight excluding hydrogens is 268 g/mol. The molecule has 0 radical (unpaired) electrons. The van der Waals surface area contributed by atoms with Gasteiger partial charge in [-0.25, -0.2) is 4.98 Å². The van der Waals surface area contributed by atoms with E-state index in [-0.39, 0.29) is 11.7 Å². The average Bonchev–Trinajstić information content (AvgIpc) is 2.96. The molecule has 4 nitrogen and oxygen atoms in total. The number of ketones is 1. The number of aryl methyl sites for hydroxylation is 1. The van der Waals surface area contributed by atoms with E-state index in [1.807, 2.05) is 17.5 Å². The van der Waals surface area contributed by atoms with E-state index < -0.39 is 0 Å². The van der Waals surface area contributed by atoms with E-state index in [4.69, 9.17) is 0 Å². The van der Waals surface area contributed by atoms with E-state index in [1.165, 1.54) is 23.1 Å². The fourth-order valence-corrected chi connectivity index (χ4v) is 2.84. The average molecular weight is 280 g/mol. The van der Waals surface area contributed by atoms with Crippen LogP contribution < -0.4 is 5.32 Å². The second-order valence-electron chi connectivity index (χ2n) is 3.72. The van der Waals surface area contributed by atoms with Crippen molar-refractivity contribution in [2.45, 2.75) is 19.8 Å². The predicted molar refractivity (Wildman–Crippen MR) is 73.4 cm³/mol. The molecule has 0 atom stereocenters. The zero-order valence-corrected chi connectivity index (χ0v) is 11.4. The van der Waals surface area contributed by atoms with Gasteiger partial charge < -0.3 is 5.32 Å². The van der Waals surface area contributed by atoms with Gasteiger partial charge in [-0.2, -0.15) is 0 Å². The number of thiazole rings is 1. The van der Waals surface area contributed by atoms with Crippen LogP contribution in [0.4, 0.5) is 5.13 Å². The molecule has 2 aromatic heterocycles. The third kappa shape index (κ3) is 3.48. The molecule has 0 aliphatic rings. The fraction of sp³-hybridized carbons (Fsp3) is 0.250. The Morgan fingerprint density at radius 3 is 2.83 bits per heavy atom. The number of aromatic nitrogens is 1. The van der Waals surface area contributed by atoms with E-state index in [2.05, 4.69) is 10.3 Å². The Morgan fingerprint density at radius 1 is 1.39 bits per heavy atom. The third-order valence-corrected chi connectivity index (χ3v) is 3.98. The first-order valence-corrected chi connectivity index (χ1v) is 7.20. The molecule has 2 aromatic rings. The van der Waals surface area contributed by atoms with Crippen molar-refractivity contribution in [3.63, 3.8) is 0 Å². The topological polar surface area (TPSA) is 59.1 Å². The molecule has 0 aromatic carbocycles. The minimum absolute atomic E-state index is 0.0761. The first-order chi connectivity index (χ1) is 8.65. The SMILES string of the molecule is CC(=O)c1csc(NC(=O)CCc2cccs2)n1. The van der Waals surface area contributed by atoms with Crippen molar-refractivity contribution in [2.24, 2.45) is 0 Å². The van der Waals surface area contributed by atoms with E-state index in [9.17, 15) is 9.59 Å². The molecule has 0 bridgehead atoms. The number of rotatable bonds is 5. The number of hydrogen-bond donors (Lipinski definition) is 1. The molecule has 0 fully saturated rings. The second kappa shape index (κ2) is 5.88. The Labute approximate surface area is 113 Å². The van der Waals surface area contributed by atoms with Crippen LogP contribution in [0.2, 0.25) is 0 Å². The van der Waals surface area contributed by atoms with E-state index in [1.54, 1.807) is 16.7 Å². The van der Waals surface area contributed by atoms with Crippen LogP contribution in [0, 0.1) is 0 Å². The van der Waals surface area contributed by atoms with Gasteiger partial charge in [0.05, 0.1) is 0 Å². The van der Waals surface area contributed by atoms with Crippen LogP contribution in [0.1, 0.15) is 28.7 Å². The maximum absolute atomic E-state index is 11.7. The molecule has 1 amide bonds. The first kappa shape index (κ1) is 12.9. The number of anilines is 1. The van der Waals surface area contributed by atoms with E-state index >= 15 is 0 Å². The summed E-state index contributed by atoms with van der Waals surface area (Å²) in [5, 5.41) is 6.83. The summed E-state index contributed by atoms with van der Waals surface area (Å²) in [7, 11) is 0. The summed E-state index contributed by atoms with van der Waals surface area (Å²) in [4.78, 5) is 27.9. The summed E-state index contributed by atoms with van der Waals surface area (Å²) in [6.45, 7) is 1.46. The molecule has 6 heteroatoms. The molecule has 18 heavy (non-hydrogen) atoms. The zero-order valence-electron chi connectivity index (χ0n) is 9.80. The molecular formula is C12H12N2O2S2. The van der Waals surface area contributed by atoms with Gasteiger partial charge in [-0.15, -0.1) is 22.7 Å². The van der Waals surface area contributed by atoms with Crippen molar-refractivity contribution < 1.29 is 9.59 Å². The number of Topliss-reactive ketones (excluding diaryl/α,β-unsaturated/α-hetero) is 1. The Morgan fingerprint density at radius 2 is 2.22 bits per heavy atom. The van der Waals surface area contributed by atoms with Crippen molar-refractivity contribution in [3.05, 3.63) is 33.5 Å². The number of carbonyl (C=O) groups is 2. The smallest absolute Gasteiger partial charge is 0.226 e. The van der Waals surface area contributed by atoms with Crippen molar-refractivity contribution >= 4 is 39.5 Å². The highest BCUT2D eigenvalue weighted by molar-refractivity contribution is 7.14. The van der Waals surface area contributed by atoms with Gasteiger partial charge in [0.1, 0.15) is 5.69 Å². The van der Waals surface area contributed by atoms with Crippen molar-refractivity contribution in [2.75, 3.05) is 5.32 Å². The first-order valence-electron chi connectivity index (χ1n) is 5.44. The van der Waals surface area contributed by atoms with Gasteiger partial charge in [-0.05, 0) is 17.9 Å². The van der Waals surface area contributed by atoms with Crippen molar-refractivity contribution in [1.82, 2.24) is 4.98 Å². The molecule has 2 heterocycles. The number of thiophene rings is 1. The molecule has 0 unspecified atom stereocenters. The predicted octanol–water partition coefficient (Wildman–Crippen LogP) is 2.98. The van der Waals surface area contributed by atoms with Crippen LogP contribution >= 0.6 is 22.7 Å². The lowest BCUT2D eigenvalue weighted by Crippen LogP contribution is -2.12. The lowest BCUT2D eigenvalue weighted by molar-refractivity contribution is -0.116. The van der Waals surface area contributed by atoms with Gasteiger partial charge in [0, 0.05) is 23.6 Å². The lowest BCUT2D eigenvalue weighted by Gasteiger charge is -2.00. The van der Waals surface area contributed by atoms with Gasteiger partial charge in [-0.3, -0.25) is 9.59 Å². The zero-order chi connectivity index (χ0) is 13.0. The minimum Gasteiger partial charge on any atom is -0.302 e. The molecule has 0 aliphatic carbocycles. The largest absolute Gasteiger partial charge is 0.302 e. The number of nitrogens with zero attached hydrogens (tertiary/aromatic N) is 1. The molecule has 2 rings (SSSR count).